The minimum absolute atomic E-state index is 0.116. The summed E-state index contributed by atoms with van der Waals surface area (Å²) in [5, 5.41) is 31.3. The van der Waals surface area contributed by atoms with Crippen molar-refractivity contribution < 1.29 is 24.9 Å². The zero-order chi connectivity index (χ0) is 18.0. The molecule has 3 N–H and O–H groups in total. The fourth-order valence-corrected chi connectivity index (χ4v) is 2.93. The minimum atomic E-state index is -1.20. The predicted octanol–water partition coefficient (Wildman–Crippen LogP) is 4.41. The Balaban J connectivity index is 2.50. The Bertz CT molecular complexity index is 932. The van der Waals surface area contributed by atoms with E-state index in [1.54, 1.807) is 36.4 Å². The van der Waals surface area contributed by atoms with Crippen LogP contribution in [-0.4, -0.2) is 27.9 Å². The Labute approximate surface area is 144 Å². The van der Waals surface area contributed by atoms with Gasteiger partial charge in [0.2, 0.25) is 0 Å². The first-order valence-corrected chi connectivity index (χ1v) is 7.98. The van der Waals surface area contributed by atoms with Gasteiger partial charge in [0.1, 0.15) is 11.3 Å². The third-order valence-corrected chi connectivity index (χ3v) is 3.97. The Morgan fingerprint density at radius 3 is 2.40 bits per heavy atom. The number of carbonyl (C=O) groups is 1. The van der Waals surface area contributed by atoms with Crippen molar-refractivity contribution in [3.05, 3.63) is 54.1 Å². The summed E-state index contributed by atoms with van der Waals surface area (Å²) in [5.74, 6) is -1.82. The molecule has 0 heterocycles. The smallest absolute Gasteiger partial charge is 0.340 e. The largest absolute Gasteiger partial charge is 0.507 e. The maximum absolute atomic E-state index is 12.0. The average molecular weight is 338 g/mol. The molecular formula is C20H18O5. The van der Waals surface area contributed by atoms with Crippen molar-refractivity contribution in [3.63, 3.8) is 0 Å². The molecule has 5 heteroatoms. The van der Waals surface area contributed by atoms with Gasteiger partial charge in [-0.2, -0.15) is 0 Å². The molecule has 0 atom stereocenters. The number of carboxylic acids is 1. The van der Waals surface area contributed by atoms with Gasteiger partial charge < -0.3 is 20.1 Å². The van der Waals surface area contributed by atoms with Crippen molar-refractivity contribution in [1.29, 1.82) is 0 Å². The van der Waals surface area contributed by atoms with Crippen LogP contribution in [0.15, 0.2) is 48.5 Å². The molecule has 3 aromatic rings. The average Bonchev–Trinajstić information content (AvgIpc) is 2.61. The van der Waals surface area contributed by atoms with Gasteiger partial charge in [-0.25, -0.2) is 4.79 Å². The maximum atomic E-state index is 12.0. The molecule has 3 rings (SSSR count). The highest BCUT2D eigenvalue weighted by atomic mass is 16.5. The van der Waals surface area contributed by atoms with E-state index >= 15 is 0 Å². The Hall–Kier alpha value is -3.21. The van der Waals surface area contributed by atoms with E-state index in [1.807, 2.05) is 13.0 Å². The molecule has 0 amide bonds. The molecule has 0 aliphatic heterocycles. The minimum Gasteiger partial charge on any atom is -0.507 e. The Morgan fingerprint density at radius 2 is 1.76 bits per heavy atom. The third kappa shape index (κ3) is 2.85. The normalized spacial score (nSPS) is 10.8. The quantitative estimate of drug-likeness (QED) is 0.641. The number of hydrogen-bond acceptors (Lipinski definition) is 4. The van der Waals surface area contributed by atoms with Crippen LogP contribution >= 0.6 is 0 Å². The topological polar surface area (TPSA) is 87.0 Å². The number of phenols is 2. The number of carboxylic acid groups (broad SMARTS) is 1. The van der Waals surface area contributed by atoms with Crippen molar-refractivity contribution in [3.8, 4) is 28.4 Å². The highest BCUT2D eigenvalue weighted by molar-refractivity contribution is 6.14. The fourth-order valence-electron chi connectivity index (χ4n) is 2.93. The lowest BCUT2D eigenvalue weighted by atomic mass is 9.91. The summed E-state index contributed by atoms with van der Waals surface area (Å²) in [5.41, 5.74) is 0.954. The summed E-state index contributed by atoms with van der Waals surface area (Å²) in [6.45, 7) is 2.13. The number of hydrogen-bond donors (Lipinski definition) is 3. The number of phenolic OH excluding ortho intramolecular Hbond substituents is 2. The Morgan fingerprint density at radius 1 is 1.04 bits per heavy atom. The second kappa shape index (κ2) is 6.73. The molecule has 0 bridgehead atoms. The van der Waals surface area contributed by atoms with Crippen LogP contribution in [0, 0.1) is 0 Å². The second-order valence-electron chi connectivity index (χ2n) is 5.65. The van der Waals surface area contributed by atoms with Gasteiger partial charge in [0.05, 0.1) is 12.0 Å². The zero-order valence-corrected chi connectivity index (χ0v) is 13.7. The van der Waals surface area contributed by atoms with Crippen LogP contribution in [-0.2, 0) is 0 Å². The molecule has 0 saturated heterocycles. The van der Waals surface area contributed by atoms with E-state index in [2.05, 4.69) is 0 Å². The van der Waals surface area contributed by atoms with Crippen molar-refractivity contribution in [1.82, 2.24) is 0 Å². The van der Waals surface area contributed by atoms with Crippen molar-refractivity contribution in [2.45, 2.75) is 13.3 Å². The van der Waals surface area contributed by atoms with Gasteiger partial charge in [0, 0.05) is 5.56 Å². The van der Waals surface area contributed by atoms with Gasteiger partial charge in [-0.3, -0.25) is 0 Å². The number of rotatable bonds is 5. The van der Waals surface area contributed by atoms with Gasteiger partial charge in [-0.15, -0.1) is 0 Å². The van der Waals surface area contributed by atoms with Gasteiger partial charge in [0.15, 0.2) is 11.5 Å². The summed E-state index contributed by atoms with van der Waals surface area (Å²) < 4.78 is 5.56. The lowest BCUT2D eigenvalue weighted by Crippen LogP contribution is -2.07. The van der Waals surface area contributed by atoms with E-state index in [-0.39, 0.29) is 34.8 Å². The number of benzene rings is 3. The zero-order valence-electron chi connectivity index (χ0n) is 13.7. The maximum Gasteiger partial charge on any atom is 0.340 e. The third-order valence-electron chi connectivity index (χ3n) is 3.97. The molecule has 128 valence electrons. The standard InChI is InChI=1S/C20H18O5/c1-2-11-25-19-17(20(23)24)15(12-7-4-3-5-8-12)13-9-6-10-14(21)16(13)18(19)22/h3-10,21-22H,2,11H2,1H3,(H,23,24). The summed E-state index contributed by atoms with van der Waals surface area (Å²) in [4.78, 5) is 12.0. The molecule has 0 aliphatic rings. The van der Waals surface area contributed by atoms with Crippen molar-refractivity contribution in [2.75, 3.05) is 6.61 Å². The molecule has 0 saturated carbocycles. The van der Waals surface area contributed by atoms with Crippen LogP contribution < -0.4 is 4.74 Å². The van der Waals surface area contributed by atoms with Gasteiger partial charge in [-0.05, 0) is 23.4 Å². The number of aromatic hydroxyl groups is 2. The predicted molar refractivity (Wildman–Crippen MR) is 95.5 cm³/mol. The van der Waals surface area contributed by atoms with E-state index in [9.17, 15) is 20.1 Å². The van der Waals surface area contributed by atoms with Crippen molar-refractivity contribution >= 4 is 16.7 Å². The molecule has 0 aliphatic carbocycles. The number of fused-ring (bicyclic) bond motifs is 1. The molecule has 3 aromatic carbocycles. The van der Waals surface area contributed by atoms with Crippen LogP contribution in [0.3, 0.4) is 0 Å². The molecule has 0 fully saturated rings. The second-order valence-corrected chi connectivity index (χ2v) is 5.65. The molecule has 0 aromatic heterocycles. The number of ether oxygens (including phenoxy) is 1. The van der Waals surface area contributed by atoms with E-state index in [0.29, 0.717) is 22.9 Å². The molecule has 25 heavy (non-hydrogen) atoms. The van der Waals surface area contributed by atoms with Crippen LogP contribution in [0.5, 0.6) is 17.2 Å². The molecule has 5 nitrogen and oxygen atoms in total. The van der Waals surface area contributed by atoms with Crippen LogP contribution in [0.1, 0.15) is 23.7 Å². The lowest BCUT2D eigenvalue weighted by molar-refractivity contribution is 0.0692. The molecular weight excluding hydrogens is 320 g/mol. The number of aromatic carboxylic acids is 1. The first-order valence-electron chi connectivity index (χ1n) is 7.98. The first-order chi connectivity index (χ1) is 12.1. The van der Waals surface area contributed by atoms with Gasteiger partial charge in [-0.1, -0.05) is 49.4 Å². The molecule has 0 unspecified atom stereocenters. The monoisotopic (exact) mass is 338 g/mol. The lowest BCUT2D eigenvalue weighted by Gasteiger charge is -2.18. The van der Waals surface area contributed by atoms with Crippen LogP contribution in [0.4, 0.5) is 0 Å². The summed E-state index contributed by atoms with van der Waals surface area (Å²) in [7, 11) is 0. The van der Waals surface area contributed by atoms with Crippen LogP contribution in [0.25, 0.3) is 21.9 Å². The van der Waals surface area contributed by atoms with Gasteiger partial charge >= 0.3 is 5.97 Å². The van der Waals surface area contributed by atoms with E-state index in [1.165, 1.54) is 6.07 Å². The van der Waals surface area contributed by atoms with E-state index in [4.69, 9.17) is 4.74 Å². The summed E-state index contributed by atoms with van der Waals surface area (Å²) >= 11 is 0. The fraction of sp³-hybridized carbons (Fsp3) is 0.150. The molecule has 0 spiro atoms. The van der Waals surface area contributed by atoms with E-state index < -0.39 is 5.97 Å². The van der Waals surface area contributed by atoms with Gasteiger partial charge in [0.25, 0.3) is 0 Å². The highest BCUT2D eigenvalue weighted by Crippen LogP contribution is 2.48. The summed E-state index contributed by atoms with van der Waals surface area (Å²) in [6, 6.07) is 13.7. The van der Waals surface area contributed by atoms with E-state index in [0.717, 1.165) is 0 Å². The first kappa shape index (κ1) is 16.6. The highest BCUT2D eigenvalue weighted by Gasteiger charge is 2.27. The SMILES string of the molecule is CCCOc1c(C(=O)O)c(-c2ccccc2)c2cccc(O)c2c1O. The van der Waals surface area contributed by atoms with Crippen LogP contribution in [0.2, 0.25) is 0 Å². The Kier molecular flexibility index (Phi) is 4.48. The summed E-state index contributed by atoms with van der Waals surface area (Å²) in [6.07, 6.45) is 0.651. The van der Waals surface area contributed by atoms with Crippen molar-refractivity contribution in [2.24, 2.45) is 0 Å². The molecule has 0 radical (unpaired) electrons.